The highest BCUT2D eigenvalue weighted by Crippen LogP contribution is 2.32. The lowest BCUT2D eigenvalue weighted by molar-refractivity contribution is -0.120. The number of nitrogens with two attached hydrogens (primary N) is 1. The fraction of sp³-hybridized carbons (Fsp3) is 0.429. The van der Waals surface area contributed by atoms with Gasteiger partial charge in [0.15, 0.2) is 0 Å². The van der Waals surface area contributed by atoms with Crippen LogP contribution in [0.25, 0.3) is 0 Å². The van der Waals surface area contributed by atoms with E-state index in [0.29, 0.717) is 13.0 Å². The van der Waals surface area contributed by atoms with Crippen molar-refractivity contribution in [1.82, 2.24) is 5.32 Å². The molecule has 3 N–H and O–H groups in total. The minimum Gasteiger partial charge on any atom is -0.494 e. The quantitative estimate of drug-likeness (QED) is 0.743. The van der Waals surface area contributed by atoms with Gasteiger partial charge in [-0.15, -0.1) is 11.3 Å². The zero-order valence-corrected chi connectivity index (χ0v) is 16.8. The van der Waals surface area contributed by atoms with Crippen LogP contribution in [0.1, 0.15) is 47.0 Å². The van der Waals surface area contributed by atoms with Gasteiger partial charge in [0.2, 0.25) is 11.8 Å². The van der Waals surface area contributed by atoms with Crippen LogP contribution in [0.5, 0.6) is 5.75 Å². The van der Waals surface area contributed by atoms with Gasteiger partial charge >= 0.3 is 0 Å². The predicted octanol–water partition coefficient (Wildman–Crippen LogP) is 3.56. The Balaban J connectivity index is 0.000000194. The number of carbonyl (C=O) groups is 2. The van der Waals surface area contributed by atoms with E-state index in [-0.39, 0.29) is 11.8 Å². The largest absolute Gasteiger partial charge is 0.494 e. The molecule has 1 aliphatic carbocycles. The summed E-state index contributed by atoms with van der Waals surface area (Å²) in [4.78, 5) is 23.3. The molecule has 3 rings (SSSR count). The minimum absolute atomic E-state index is 0.0571. The molecule has 1 aliphatic rings. The van der Waals surface area contributed by atoms with Crippen LogP contribution in [0.15, 0.2) is 35.7 Å². The molecule has 0 fully saturated rings. The van der Waals surface area contributed by atoms with Gasteiger partial charge in [-0.05, 0) is 49.3 Å². The van der Waals surface area contributed by atoms with Gasteiger partial charge in [0, 0.05) is 23.7 Å². The Morgan fingerprint density at radius 2 is 2.04 bits per heavy atom. The predicted molar refractivity (Wildman–Crippen MR) is 109 cm³/mol. The van der Waals surface area contributed by atoms with Gasteiger partial charge in [-0.25, -0.2) is 0 Å². The molecule has 1 unspecified atom stereocenters. The van der Waals surface area contributed by atoms with Gasteiger partial charge in [-0.2, -0.15) is 0 Å². The van der Waals surface area contributed by atoms with E-state index in [2.05, 4.69) is 12.2 Å². The van der Waals surface area contributed by atoms with Gasteiger partial charge in [-0.1, -0.05) is 25.1 Å². The third-order valence-corrected chi connectivity index (χ3v) is 5.56. The number of benzene rings is 1. The van der Waals surface area contributed by atoms with Crippen LogP contribution >= 0.6 is 11.3 Å². The van der Waals surface area contributed by atoms with Crippen molar-refractivity contribution in [2.75, 3.05) is 13.7 Å². The second-order valence-electron chi connectivity index (χ2n) is 6.70. The average Bonchev–Trinajstić information content (AvgIpc) is 3.09. The molecule has 1 heterocycles. The molecule has 5 nitrogen and oxygen atoms in total. The highest BCUT2D eigenvalue weighted by molar-refractivity contribution is 7.10. The zero-order chi connectivity index (χ0) is 19.6. The third kappa shape index (κ3) is 6.71. The van der Waals surface area contributed by atoms with E-state index in [1.807, 2.05) is 35.7 Å². The lowest BCUT2D eigenvalue weighted by Gasteiger charge is -2.18. The second-order valence-corrected chi connectivity index (χ2v) is 7.67. The summed E-state index contributed by atoms with van der Waals surface area (Å²) in [5.41, 5.74) is 7.26. The standard InChI is InChI=1S/C11H15NO2.C10H13NOS/c1-12-11(13)8-5-9-14-10-6-3-2-4-7-10;1-6-2-3-7-8(10(11)12)5-13-9(7)4-6/h2-4,6-7H,5,8-9H2,1H3,(H,12,13);5-6H,2-4H2,1H3,(H2,11,12). The van der Waals surface area contributed by atoms with Crippen molar-refractivity contribution in [2.45, 2.75) is 39.0 Å². The Hall–Kier alpha value is -2.34. The zero-order valence-electron chi connectivity index (χ0n) is 16.0. The molecule has 0 aliphatic heterocycles. The topological polar surface area (TPSA) is 81.4 Å². The number of primary amides is 1. The van der Waals surface area contributed by atoms with Gasteiger partial charge in [0.05, 0.1) is 12.2 Å². The maximum absolute atomic E-state index is 11.0. The van der Waals surface area contributed by atoms with Crippen LogP contribution in [0.2, 0.25) is 0 Å². The molecule has 0 saturated heterocycles. The number of rotatable bonds is 6. The minimum atomic E-state index is -0.271. The Bertz CT molecular complexity index is 743. The van der Waals surface area contributed by atoms with Crippen molar-refractivity contribution < 1.29 is 14.3 Å². The van der Waals surface area contributed by atoms with Gasteiger partial charge in [-0.3, -0.25) is 9.59 Å². The summed E-state index contributed by atoms with van der Waals surface area (Å²) in [7, 11) is 1.64. The first kappa shape index (κ1) is 21.0. The van der Waals surface area contributed by atoms with Crippen molar-refractivity contribution >= 4 is 23.2 Å². The number of carbonyl (C=O) groups excluding carboxylic acids is 2. The van der Waals surface area contributed by atoms with Crippen molar-refractivity contribution in [1.29, 1.82) is 0 Å². The molecule has 0 spiro atoms. The highest BCUT2D eigenvalue weighted by Gasteiger charge is 2.21. The fourth-order valence-electron chi connectivity index (χ4n) is 2.95. The maximum atomic E-state index is 11.0. The summed E-state index contributed by atoms with van der Waals surface area (Å²) >= 11 is 1.68. The van der Waals surface area contributed by atoms with E-state index in [9.17, 15) is 9.59 Å². The molecule has 2 aromatic rings. The summed E-state index contributed by atoms with van der Waals surface area (Å²) in [6.07, 6.45) is 4.59. The fourth-order valence-corrected chi connectivity index (χ4v) is 4.20. The number of hydrogen-bond donors (Lipinski definition) is 2. The molecular formula is C21H28N2O3S. The molecular weight excluding hydrogens is 360 g/mol. The summed E-state index contributed by atoms with van der Waals surface area (Å²) in [5.74, 6) is 1.39. The normalized spacial score (nSPS) is 15.1. The lowest BCUT2D eigenvalue weighted by Crippen LogP contribution is -2.18. The third-order valence-electron chi connectivity index (χ3n) is 4.51. The van der Waals surface area contributed by atoms with E-state index in [4.69, 9.17) is 10.5 Å². The summed E-state index contributed by atoms with van der Waals surface area (Å²) in [6.45, 7) is 2.84. The maximum Gasteiger partial charge on any atom is 0.249 e. The Kier molecular flexibility index (Phi) is 8.33. The molecule has 146 valence electrons. The van der Waals surface area contributed by atoms with E-state index < -0.39 is 0 Å². The molecule has 1 aromatic heterocycles. The van der Waals surface area contributed by atoms with Gasteiger partial charge in [0.1, 0.15) is 5.75 Å². The van der Waals surface area contributed by atoms with Crippen LogP contribution in [-0.2, 0) is 17.6 Å². The second kappa shape index (κ2) is 10.7. The van der Waals surface area contributed by atoms with Crippen molar-refractivity contribution in [3.63, 3.8) is 0 Å². The molecule has 2 amide bonds. The van der Waals surface area contributed by atoms with Crippen LogP contribution in [-0.4, -0.2) is 25.5 Å². The number of hydrogen-bond acceptors (Lipinski definition) is 4. The van der Waals surface area contributed by atoms with Crippen LogP contribution < -0.4 is 15.8 Å². The SMILES string of the molecule is CC1CCc2c(C(N)=O)csc2C1.CNC(=O)CCCOc1ccccc1. The number of amides is 2. The molecule has 0 radical (unpaired) electrons. The molecule has 27 heavy (non-hydrogen) atoms. The first-order valence-corrected chi connectivity index (χ1v) is 10.2. The highest BCUT2D eigenvalue weighted by atomic mass is 32.1. The Morgan fingerprint density at radius 3 is 2.70 bits per heavy atom. The number of thiophene rings is 1. The number of para-hydroxylation sites is 1. The first-order valence-electron chi connectivity index (χ1n) is 9.28. The molecule has 0 saturated carbocycles. The first-order chi connectivity index (χ1) is 13.0. The van der Waals surface area contributed by atoms with Crippen LogP contribution in [0, 0.1) is 5.92 Å². The van der Waals surface area contributed by atoms with Gasteiger partial charge in [0.25, 0.3) is 0 Å². The van der Waals surface area contributed by atoms with E-state index >= 15 is 0 Å². The lowest BCUT2D eigenvalue weighted by atomic mass is 9.88. The van der Waals surface area contributed by atoms with Crippen molar-refractivity contribution in [3.05, 3.63) is 51.7 Å². The molecule has 6 heteroatoms. The average molecular weight is 389 g/mol. The number of ether oxygens (including phenoxy) is 1. The number of nitrogens with one attached hydrogen (secondary N) is 1. The monoisotopic (exact) mass is 388 g/mol. The van der Waals surface area contributed by atoms with Crippen LogP contribution in [0.4, 0.5) is 0 Å². The molecule has 1 atom stereocenters. The summed E-state index contributed by atoms with van der Waals surface area (Å²) in [5, 5.41) is 4.48. The van der Waals surface area contributed by atoms with E-state index in [1.165, 1.54) is 16.9 Å². The Morgan fingerprint density at radius 1 is 1.30 bits per heavy atom. The molecule has 1 aromatic carbocycles. The molecule has 0 bridgehead atoms. The van der Waals surface area contributed by atoms with Crippen LogP contribution in [0.3, 0.4) is 0 Å². The summed E-state index contributed by atoms with van der Waals surface area (Å²) in [6, 6.07) is 9.60. The Labute approximate surface area is 164 Å². The van der Waals surface area contributed by atoms with E-state index in [0.717, 1.165) is 36.5 Å². The van der Waals surface area contributed by atoms with Crippen molar-refractivity contribution in [3.8, 4) is 5.75 Å². The van der Waals surface area contributed by atoms with E-state index in [1.54, 1.807) is 18.4 Å². The van der Waals surface area contributed by atoms with Gasteiger partial charge < -0.3 is 15.8 Å². The van der Waals surface area contributed by atoms with Crippen molar-refractivity contribution in [2.24, 2.45) is 11.7 Å². The number of fused-ring (bicyclic) bond motifs is 1. The summed E-state index contributed by atoms with van der Waals surface area (Å²) < 4.78 is 5.42. The smallest absolute Gasteiger partial charge is 0.249 e.